The van der Waals surface area contributed by atoms with Crippen molar-refractivity contribution in [2.75, 3.05) is 59.5 Å². The number of carbonyl (C=O) groups is 1. The molecule has 2 bridgehead atoms. The zero-order valence-corrected chi connectivity index (χ0v) is 21.7. The number of nitrogens with one attached hydrogen (secondary N) is 3. The van der Waals surface area contributed by atoms with Crippen molar-refractivity contribution in [3.8, 4) is 0 Å². The van der Waals surface area contributed by atoms with Crippen molar-refractivity contribution in [3.63, 3.8) is 0 Å². The predicted molar refractivity (Wildman–Crippen MR) is 132 cm³/mol. The Bertz CT molecular complexity index is 709. The Morgan fingerprint density at radius 1 is 1.29 bits per heavy atom. The molecule has 4 aliphatic heterocycles. The summed E-state index contributed by atoms with van der Waals surface area (Å²) in [5, 5.41) is 10.5. The van der Waals surface area contributed by atoms with Gasteiger partial charge in [-0.05, 0) is 39.2 Å². The van der Waals surface area contributed by atoms with Crippen LogP contribution in [0, 0.1) is 11.3 Å². The Balaban J connectivity index is 1.57. The summed E-state index contributed by atoms with van der Waals surface area (Å²) >= 11 is 0. The third-order valence-electron chi connectivity index (χ3n) is 9.63. The number of halogens is 1. The highest BCUT2D eigenvalue weighted by molar-refractivity contribution is 5.80. The van der Waals surface area contributed by atoms with E-state index < -0.39 is 18.3 Å². The number of morpholine rings is 1. The number of fused-ring (bicyclic) bond motifs is 3. The van der Waals surface area contributed by atoms with Gasteiger partial charge in [0.05, 0.1) is 39.0 Å². The van der Waals surface area contributed by atoms with Crippen molar-refractivity contribution in [2.24, 2.45) is 17.1 Å². The Hall–Kier alpha value is -0.840. The number of amides is 1. The largest absolute Gasteiger partial charge is 0.379 e. The van der Waals surface area contributed by atoms with Gasteiger partial charge >= 0.3 is 0 Å². The molecule has 0 aromatic carbocycles. The van der Waals surface area contributed by atoms with Crippen molar-refractivity contribution in [1.82, 2.24) is 20.9 Å². The number of carbonyl (C=O) groups excluding carboxylic acids is 1. The third kappa shape index (κ3) is 5.30. The van der Waals surface area contributed by atoms with Crippen LogP contribution in [-0.4, -0.2) is 111 Å². The Morgan fingerprint density at radius 2 is 2.03 bits per heavy atom. The van der Waals surface area contributed by atoms with E-state index in [1.54, 1.807) is 0 Å². The minimum Gasteiger partial charge on any atom is -0.379 e. The van der Waals surface area contributed by atoms with Gasteiger partial charge in [-0.3, -0.25) is 15.0 Å². The average molecular weight is 484 g/mol. The summed E-state index contributed by atoms with van der Waals surface area (Å²) in [5.74, 6) is -0.426. The molecule has 1 amide bonds. The molecule has 0 aromatic rings. The maximum atomic E-state index is 15.0. The highest BCUT2D eigenvalue weighted by Crippen LogP contribution is 2.40. The smallest absolute Gasteiger partial charge is 0.232 e. The minimum atomic E-state index is -0.857. The zero-order valence-electron chi connectivity index (χ0n) is 21.7. The summed E-state index contributed by atoms with van der Waals surface area (Å²) in [5.41, 5.74) is 6.79. The van der Waals surface area contributed by atoms with Crippen LogP contribution >= 0.6 is 0 Å². The molecule has 0 spiro atoms. The van der Waals surface area contributed by atoms with Gasteiger partial charge in [-0.1, -0.05) is 13.8 Å². The summed E-state index contributed by atoms with van der Waals surface area (Å²) < 4.78 is 21.1. The summed E-state index contributed by atoms with van der Waals surface area (Å²) in [6, 6.07) is 0.336. The van der Waals surface area contributed by atoms with Crippen molar-refractivity contribution < 1.29 is 18.4 Å². The fraction of sp³-hybridized carbons (Fsp3) is 0.960. The summed E-state index contributed by atoms with van der Waals surface area (Å²) in [4.78, 5) is 16.4. The SMILES string of the molecule is CCC1(C)C[N+]2(C)CC(F)CCC1NC(N)C(C(=O)NC1CNCCC1N1CCOCC1)C2C. The Kier molecular flexibility index (Phi) is 8.21. The number of rotatable bonds is 4. The van der Waals surface area contributed by atoms with E-state index >= 15 is 4.39 Å². The number of ether oxygens (including phenoxy) is 1. The van der Waals surface area contributed by atoms with Crippen LogP contribution in [0.15, 0.2) is 0 Å². The van der Waals surface area contributed by atoms with Crippen LogP contribution in [0.4, 0.5) is 4.39 Å². The molecule has 4 rings (SSSR count). The molecule has 4 heterocycles. The van der Waals surface area contributed by atoms with Gasteiger partial charge in [0.15, 0.2) is 0 Å². The number of piperidine rings is 1. The molecular formula is C25H48FN6O2+. The van der Waals surface area contributed by atoms with E-state index in [1.165, 1.54) is 0 Å². The van der Waals surface area contributed by atoms with Crippen molar-refractivity contribution >= 4 is 5.91 Å². The molecule has 9 heteroatoms. The van der Waals surface area contributed by atoms with Gasteiger partial charge in [0.2, 0.25) is 5.91 Å². The van der Waals surface area contributed by atoms with Gasteiger partial charge in [0.25, 0.3) is 0 Å². The second-order valence-corrected chi connectivity index (χ2v) is 11.8. The first-order valence-corrected chi connectivity index (χ1v) is 13.5. The molecule has 8 nitrogen and oxygen atoms in total. The molecule has 0 aliphatic carbocycles. The first kappa shape index (κ1) is 26.2. The van der Waals surface area contributed by atoms with Crippen molar-refractivity contribution in [1.29, 1.82) is 0 Å². The van der Waals surface area contributed by atoms with Gasteiger partial charge in [-0.15, -0.1) is 0 Å². The lowest BCUT2D eigenvalue weighted by molar-refractivity contribution is -0.943. The maximum Gasteiger partial charge on any atom is 0.232 e. The molecule has 4 saturated heterocycles. The van der Waals surface area contributed by atoms with E-state index in [9.17, 15) is 4.79 Å². The first-order chi connectivity index (χ1) is 16.2. The van der Waals surface area contributed by atoms with Gasteiger partial charge < -0.3 is 25.6 Å². The quantitative estimate of drug-likeness (QED) is 0.434. The number of nitrogens with two attached hydrogens (primary N) is 1. The highest BCUT2D eigenvalue weighted by atomic mass is 19.1. The predicted octanol–water partition coefficient (Wildman–Crippen LogP) is 0.421. The molecule has 4 aliphatic rings. The molecule has 0 saturated carbocycles. The average Bonchev–Trinajstić information content (AvgIpc) is 2.81. The Morgan fingerprint density at radius 3 is 2.74 bits per heavy atom. The Labute approximate surface area is 205 Å². The molecule has 196 valence electrons. The van der Waals surface area contributed by atoms with Gasteiger partial charge in [-0.2, -0.15) is 0 Å². The molecule has 0 aromatic heterocycles. The van der Waals surface area contributed by atoms with Gasteiger partial charge in [0.1, 0.15) is 24.7 Å². The zero-order chi connectivity index (χ0) is 24.5. The van der Waals surface area contributed by atoms with E-state index in [4.69, 9.17) is 10.5 Å². The van der Waals surface area contributed by atoms with Crippen LogP contribution in [0.1, 0.15) is 46.5 Å². The summed E-state index contributed by atoms with van der Waals surface area (Å²) in [7, 11) is 2.14. The highest BCUT2D eigenvalue weighted by Gasteiger charge is 2.53. The third-order valence-corrected chi connectivity index (χ3v) is 9.63. The second kappa shape index (κ2) is 10.6. The summed E-state index contributed by atoms with van der Waals surface area (Å²) in [6.07, 6.45) is 1.99. The van der Waals surface area contributed by atoms with Crippen molar-refractivity contribution in [2.45, 2.75) is 83.0 Å². The second-order valence-electron chi connectivity index (χ2n) is 11.8. The molecule has 0 radical (unpaired) electrons. The lowest BCUT2D eigenvalue weighted by Gasteiger charge is -2.55. The summed E-state index contributed by atoms with van der Waals surface area (Å²) in [6.45, 7) is 12.9. The number of alkyl halides is 1. The van der Waals surface area contributed by atoms with Crippen molar-refractivity contribution in [3.05, 3.63) is 0 Å². The van der Waals surface area contributed by atoms with E-state index in [2.05, 4.69) is 48.7 Å². The monoisotopic (exact) mass is 483 g/mol. The number of hydrogen-bond acceptors (Lipinski definition) is 6. The standard InChI is InChI=1S/C25H47FN6O2/c1-5-25(3)16-32(4)15-18(26)6-7-21(25)30-23(27)22(17(32)2)24(33)29-19-14-28-9-8-20(19)31-10-12-34-13-11-31/h17-23,28,30H,5-16,27H2,1-4H3/p+1. The van der Waals surface area contributed by atoms with Crippen LogP contribution in [0.5, 0.6) is 0 Å². The van der Waals surface area contributed by atoms with Crippen LogP contribution in [0.25, 0.3) is 0 Å². The van der Waals surface area contributed by atoms with Gasteiger partial charge in [0, 0.05) is 37.1 Å². The number of nitrogens with zero attached hydrogens (tertiary/aromatic N) is 2. The van der Waals surface area contributed by atoms with E-state index in [-0.39, 0.29) is 29.4 Å². The molecule has 9 atom stereocenters. The first-order valence-electron chi connectivity index (χ1n) is 13.5. The fourth-order valence-corrected chi connectivity index (χ4v) is 7.22. The lowest BCUT2D eigenvalue weighted by Crippen LogP contribution is -2.73. The maximum absolute atomic E-state index is 15.0. The topological polar surface area (TPSA) is 91.6 Å². The van der Waals surface area contributed by atoms with Crippen LogP contribution in [-0.2, 0) is 9.53 Å². The van der Waals surface area contributed by atoms with E-state index in [0.29, 0.717) is 23.5 Å². The van der Waals surface area contributed by atoms with Crippen LogP contribution in [0.2, 0.25) is 0 Å². The lowest BCUT2D eigenvalue weighted by atomic mass is 9.72. The number of hydrogen-bond donors (Lipinski definition) is 4. The molecule has 9 unspecified atom stereocenters. The fourth-order valence-electron chi connectivity index (χ4n) is 7.22. The molecule has 34 heavy (non-hydrogen) atoms. The molecular weight excluding hydrogens is 435 g/mol. The molecule has 4 fully saturated rings. The van der Waals surface area contributed by atoms with E-state index in [0.717, 1.165) is 65.2 Å². The van der Waals surface area contributed by atoms with Gasteiger partial charge in [-0.25, -0.2) is 4.39 Å². The van der Waals surface area contributed by atoms with Crippen LogP contribution in [0.3, 0.4) is 0 Å². The molecule has 5 N–H and O–H groups in total. The van der Waals surface area contributed by atoms with E-state index in [1.807, 2.05) is 0 Å². The minimum absolute atomic E-state index is 0.00126. The normalized spacial score (nSPS) is 46.7. The van der Waals surface area contributed by atoms with Crippen LogP contribution < -0.4 is 21.7 Å². The number of quaternary nitrogens is 1.